The van der Waals surface area contributed by atoms with Crippen LogP contribution in [0.25, 0.3) is 16.8 Å². The quantitative estimate of drug-likeness (QED) is 0.351. The van der Waals surface area contributed by atoms with E-state index in [0.717, 1.165) is 32.4 Å². The molecule has 3 aromatic carbocycles. The average Bonchev–Trinajstić information content (AvgIpc) is 2.98. The van der Waals surface area contributed by atoms with Crippen molar-refractivity contribution in [1.82, 2.24) is 9.78 Å². The predicted octanol–water partition coefficient (Wildman–Crippen LogP) is 7.31. The van der Waals surface area contributed by atoms with E-state index in [9.17, 15) is 0 Å². The minimum absolute atomic E-state index is 0.619. The maximum atomic E-state index is 6.21. The predicted molar refractivity (Wildman–Crippen MR) is 114 cm³/mol. The Balaban J connectivity index is 1.91. The summed E-state index contributed by atoms with van der Waals surface area (Å²) in [5, 5.41) is 7.10. The molecule has 27 heavy (non-hydrogen) atoms. The van der Waals surface area contributed by atoms with E-state index in [2.05, 4.69) is 24.3 Å². The number of halogens is 2. The zero-order valence-electron chi connectivity index (χ0n) is 14.6. The summed E-state index contributed by atoms with van der Waals surface area (Å²) in [7, 11) is 0. The third-order valence-electron chi connectivity index (χ3n) is 4.13. The van der Waals surface area contributed by atoms with Crippen LogP contribution in [-0.4, -0.2) is 9.78 Å². The lowest BCUT2D eigenvalue weighted by molar-refractivity contribution is 0.794. The molecule has 0 aliphatic carbocycles. The Morgan fingerprint density at radius 3 is 2.04 bits per heavy atom. The number of para-hydroxylation sites is 1. The minimum Gasteiger partial charge on any atom is -0.226 e. The Morgan fingerprint density at radius 1 is 0.815 bits per heavy atom. The van der Waals surface area contributed by atoms with E-state index >= 15 is 0 Å². The van der Waals surface area contributed by atoms with E-state index in [4.69, 9.17) is 28.3 Å². The van der Waals surface area contributed by atoms with Crippen LogP contribution in [0.2, 0.25) is 10.0 Å². The molecule has 1 aromatic heterocycles. The van der Waals surface area contributed by atoms with Crippen LogP contribution >= 0.6 is 35.0 Å². The number of benzene rings is 3. The molecule has 4 aromatic rings. The van der Waals surface area contributed by atoms with Crippen molar-refractivity contribution in [3.8, 4) is 16.8 Å². The van der Waals surface area contributed by atoms with E-state index in [1.54, 1.807) is 17.8 Å². The Morgan fingerprint density at radius 2 is 1.41 bits per heavy atom. The van der Waals surface area contributed by atoms with E-state index in [1.165, 1.54) is 0 Å². The number of rotatable bonds is 4. The van der Waals surface area contributed by atoms with Crippen molar-refractivity contribution in [3.05, 3.63) is 94.6 Å². The van der Waals surface area contributed by atoms with E-state index in [1.807, 2.05) is 60.1 Å². The molecule has 0 bridgehead atoms. The molecule has 0 aliphatic heterocycles. The van der Waals surface area contributed by atoms with Crippen LogP contribution in [-0.2, 0) is 0 Å². The fraction of sp³-hybridized carbons (Fsp3) is 0.0455. The first-order chi connectivity index (χ1) is 13.1. The van der Waals surface area contributed by atoms with Crippen LogP contribution in [0.3, 0.4) is 0 Å². The minimum atomic E-state index is 0.619. The highest BCUT2D eigenvalue weighted by Crippen LogP contribution is 2.40. The molecule has 0 radical (unpaired) electrons. The molecule has 1 heterocycles. The van der Waals surface area contributed by atoms with Crippen LogP contribution < -0.4 is 0 Å². The number of aromatic nitrogens is 2. The normalized spacial score (nSPS) is 10.9. The molecule has 0 amide bonds. The maximum absolute atomic E-state index is 6.21. The summed E-state index contributed by atoms with van der Waals surface area (Å²) in [6, 6.07) is 26.0. The van der Waals surface area contributed by atoms with Gasteiger partial charge in [-0.3, -0.25) is 0 Å². The van der Waals surface area contributed by atoms with Gasteiger partial charge in [0.15, 0.2) is 0 Å². The fourth-order valence-electron chi connectivity index (χ4n) is 2.98. The zero-order valence-corrected chi connectivity index (χ0v) is 16.9. The van der Waals surface area contributed by atoms with E-state index < -0.39 is 0 Å². The molecule has 2 nitrogen and oxygen atoms in total. The second-order valence-electron chi connectivity index (χ2n) is 6.09. The molecule has 0 N–H and O–H groups in total. The van der Waals surface area contributed by atoms with Gasteiger partial charge in [0.05, 0.1) is 11.4 Å². The lowest BCUT2D eigenvalue weighted by atomic mass is 10.1. The smallest absolute Gasteiger partial charge is 0.113 e. The van der Waals surface area contributed by atoms with Gasteiger partial charge in [-0.2, -0.15) is 5.10 Å². The molecule has 0 spiro atoms. The molecular formula is C22H16Cl2N2S. The summed E-state index contributed by atoms with van der Waals surface area (Å²) >= 11 is 14.0. The van der Waals surface area contributed by atoms with E-state index in [0.29, 0.717) is 10.0 Å². The first kappa shape index (κ1) is 18.2. The Kier molecular flexibility index (Phi) is 5.26. The van der Waals surface area contributed by atoms with Crippen LogP contribution in [0.1, 0.15) is 5.69 Å². The average molecular weight is 411 g/mol. The molecule has 0 aliphatic rings. The summed E-state index contributed by atoms with van der Waals surface area (Å²) in [5.41, 5.74) is 4.23. The van der Waals surface area contributed by atoms with Gasteiger partial charge in [-0.1, -0.05) is 83.5 Å². The van der Waals surface area contributed by atoms with Gasteiger partial charge >= 0.3 is 0 Å². The number of nitrogens with zero attached hydrogens (tertiary/aromatic N) is 2. The first-order valence-electron chi connectivity index (χ1n) is 8.46. The van der Waals surface area contributed by atoms with Gasteiger partial charge in [-0.15, -0.1) is 0 Å². The summed E-state index contributed by atoms with van der Waals surface area (Å²) in [4.78, 5) is 0.974. The van der Waals surface area contributed by atoms with Crippen molar-refractivity contribution in [2.45, 2.75) is 16.8 Å². The van der Waals surface area contributed by atoms with Gasteiger partial charge in [-0.25, -0.2) is 4.68 Å². The van der Waals surface area contributed by atoms with Crippen LogP contribution in [0, 0.1) is 6.92 Å². The van der Waals surface area contributed by atoms with Crippen molar-refractivity contribution in [3.63, 3.8) is 0 Å². The van der Waals surface area contributed by atoms with Gasteiger partial charge in [0, 0.05) is 20.5 Å². The third-order valence-corrected chi connectivity index (χ3v) is 5.61. The van der Waals surface area contributed by atoms with Gasteiger partial charge in [0.2, 0.25) is 0 Å². The molecule has 134 valence electrons. The van der Waals surface area contributed by atoms with Gasteiger partial charge in [0.1, 0.15) is 5.03 Å². The summed E-state index contributed by atoms with van der Waals surface area (Å²) in [6.07, 6.45) is 0. The van der Waals surface area contributed by atoms with Crippen LogP contribution in [0.15, 0.2) is 88.8 Å². The molecule has 0 fully saturated rings. The Labute approximate surface area is 172 Å². The fourth-order valence-corrected chi connectivity index (χ4v) is 4.83. The third kappa shape index (κ3) is 3.91. The van der Waals surface area contributed by atoms with Gasteiger partial charge in [0.25, 0.3) is 0 Å². The van der Waals surface area contributed by atoms with Gasteiger partial charge in [-0.05, 0) is 42.8 Å². The Hall–Kier alpha value is -2.20. The standard InChI is InChI=1S/C22H16Cl2N2S/c1-15-21(16-8-4-2-5-9-16)22(26(25-15)19-10-6-3-7-11-19)27-20-13-17(23)12-18(24)14-20/h2-14H,1H3. The van der Waals surface area contributed by atoms with Crippen LogP contribution in [0.5, 0.6) is 0 Å². The van der Waals surface area contributed by atoms with Crippen molar-refractivity contribution in [2.75, 3.05) is 0 Å². The highest BCUT2D eigenvalue weighted by Gasteiger charge is 2.19. The number of hydrogen-bond donors (Lipinski definition) is 0. The molecule has 0 unspecified atom stereocenters. The maximum Gasteiger partial charge on any atom is 0.113 e. The highest BCUT2D eigenvalue weighted by atomic mass is 35.5. The molecule has 0 saturated carbocycles. The summed E-state index contributed by atoms with van der Waals surface area (Å²) in [5.74, 6) is 0. The molecular weight excluding hydrogens is 395 g/mol. The highest BCUT2D eigenvalue weighted by molar-refractivity contribution is 7.99. The Bertz CT molecular complexity index is 1060. The summed E-state index contributed by atoms with van der Waals surface area (Å²) in [6.45, 7) is 2.04. The van der Waals surface area contributed by atoms with Crippen LogP contribution in [0.4, 0.5) is 0 Å². The molecule has 0 atom stereocenters. The second-order valence-corrected chi connectivity index (χ2v) is 8.02. The van der Waals surface area contributed by atoms with Crippen molar-refractivity contribution < 1.29 is 0 Å². The molecule has 0 saturated heterocycles. The number of hydrogen-bond acceptors (Lipinski definition) is 2. The largest absolute Gasteiger partial charge is 0.226 e. The van der Waals surface area contributed by atoms with E-state index in [-0.39, 0.29) is 0 Å². The van der Waals surface area contributed by atoms with Gasteiger partial charge < -0.3 is 0 Å². The lowest BCUT2D eigenvalue weighted by Gasteiger charge is -2.10. The topological polar surface area (TPSA) is 17.8 Å². The molecule has 5 heteroatoms. The van der Waals surface area contributed by atoms with Crippen molar-refractivity contribution in [2.24, 2.45) is 0 Å². The SMILES string of the molecule is Cc1nn(-c2ccccc2)c(Sc2cc(Cl)cc(Cl)c2)c1-c1ccccc1. The zero-order chi connectivity index (χ0) is 18.8. The van der Waals surface area contributed by atoms with Crippen molar-refractivity contribution in [1.29, 1.82) is 0 Å². The molecule has 4 rings (SSSR count). The second kappa shape index (κ2) is 7.81. The lowest BCUT2D eigenvalue weighted by Crippen LogP contribution is -1.98. The first-order valence-corrected chi connectivity index (χ1v) is 10.0. The summed E-state index contributed by atoms with van der Waals surface area (Å²) < 4.78 is 1.98. The van der Waals surface area contributed by atoms with Crippen molar-refractivity contribution >= 4 is 35.0 Å². The number of aryl methyl sites for hydroxylation is 1. The monoisotopic (exact) mass is 410 g/mol.